The lowest BCUT2D eigenvalue weighted by atomic mass is 10.0. The van der Waals surface area contributed by atoms with Gasteiger partial charge in [0.15, 0.2) is 0 Å². The molecule has 0 saturated carbocycles. The van der Waals surface area contributed by atoms with E-state index in [-0.39, 0.29) is 10.6 Å². The first-order valence-electron chi connectivity index (χ1n) is 6.28. The van der Waals surface area contributed by atoms with Crippen LogP contribution in [0.15, 0.2) is 48.5 Å². The zero-order valence-corrected chi connectivity index (χ0v) is 10.6. The van der Waals surface area contributed by atoms with Crippen LogP contribution in [-0.4, -0.2) is 11.5 Å². The van der Waals surface area contributed by atoms with Gasteiger partial charge in [0.2, 0.25) is 0 Å². The van der Waals surface area contributed by atoms with E-state index < -0.39 is 0 Å². The van der Waals surface area contributed by atoms with Crippen molar-refractivity contribution >= 4 is 17.1 Å². The van der Waals surface area contributed by atoms with Gasteiger partial charge in [-0.05, 0) is 23.8 Å². The molecule has 3 rings (SSSR count). The van der Waals surface area contributed by atoms with E-state index in [1.165, 1.54) is 11.3 Å². The first-order valence-corrected chi connectivity index (χ1v) is 6.28. The molecule has 0 aliphatic carbocycles. The summed E-state index contributed by atoms with van der Waals surface area (Å²) >= 11 is 0. The minimum atomic E-state index is -0.371. The highest BCUT2D eigenvalue weighted by atomic mass is 16.6. The zero-order valence-electron chi connectivity index (χ0n) is 10.6. The second-order valence-corrected chi connectivity index (χ2v) is 4.84. The van der Waals surface area contributed by atoms with Crippen LogP contribution in [0.4, 0.5) is 17.1 Å². The highest BCUT2D eigenvalue weighted by Gasteiger charge is 2.26. The summed E-state index contributed by atoms with van der Waals surface area (Å²) in [6.45, 7) is 3.11. The molecule has 1 heterocycles. The number of nitrogens with zero attached hydrogens (tertiary/aromatic N) is 2. The first-order chi connectivity index (χ1) is 9.16. The Morgan fingerprint density at radius 3 is 2.53 bits per heavy atom. The van der Waals surface area contributed by atoms with E-state index in [2.05, 4.69) is 30.0 Å². The summed E-state index contributed by atoms with van der Waals surface area (Å²) in [6.07, 6.45) is 0. The molecule has 1 aliphatic heterocycles. The number of anilines is 2. The van der Waals surface area contributed by atoms with Crippen molar-refractivity contribution < 1.29 is 4.92 Å². The number of hydrogen-bond acceptors (Lipinski definition) is 3. The van der Waals surface area contributed by atoms with Gasteiger partial charge in [0.05, 0.1) is 4.92 Å². The molecule has 2 aromatic carbocycles. The van der Waals surface area contributed by atoms with Crippen LogP contribution < -0.4 is 4.90 Å². The monoisotopic (exact) mass is 254 g/mol. The lowest BCUT2D eigenvalue weighted by molar-refractivity contribution is -0.384. The zero-order chi connectivity index (χ0) is 13.4. The van der Waals surface area contributed by atoms with E-state index in [1.54, 1.807) is 12.1 Å². The number of para-hydroxylation sites is 1. The number of hydrogen-bond donors (Lipinski definition) is 0. The van der Waals surface area contributed by atoms with Gasteiger partial charge in [0.1, 0.15) is 0 Å². The maximum atomic E-state index is 10.7. The number of nitro groups is 1. The third-order valence-corrected chi connectivity index (χ3v) is 3.59. The molecule has 1 aliphatic rings. The molecular formula is C15H14N2O2. The van der Waals surface area contributed by atoms with Crippen LogP contribution in [0.1, 0.15) is 18.4 Å². The van der Waals surface area contributed by atoms with Crippen LogP contribution >= 0.6 is 0 Å². The molecule has 96 valence electrons. The molecule has 0 radical (unpaired) electrons. The molecule has 0 N–H and O–H groups in total. The van der Waals surface area contributed by atoms with Crippen molar-refractivity contribution in [2.45, 2.75) is 12.8 Å². The molecule has 0 amide bonds. The lowest BCUT2D eigenvalue weighted by Gasteiger charge is -2.19. The van der Waals surface area contributed by atoms with Gasteiger partial charge in [-0.3, -0.25) is 10.1 Å². The molecule has 19 heavy (non-hydrogen) atoms. The van der Waals surface area contributed by atoms with E-state index >= 15 is 0 Å². The van der Waals surface area contributed by atoms with Crippen LogP contribution in [-0.2, 0) is 0 Å². The Morgan fingerprint density at radius 1 is 1.16 bits per heavy atom. The average molecular weight is 254 g/mol. The number of fused-ring (bicyclic) bond motifs is 1. The Morgan fingerprint density at radius 2 is 1.84 bits per heavy atom. The molecule has 4 nitrogen and oxygen atoms in total. The van der Waals surface area contributed by atoms with Crippen molar-refractivity contribution in [1.82, 2.24) is 0 Å². The lowest BCUT2D eigenvalue weighted by Crippen LogP contribution is -2.14. The normalized spacial score (nSPS) is 17.3. The van der Waals surface area contributed by atoms with Crippen molar-refractivity contribution in [3.63, 3.8) is 0 Å². The Hall–Kier alpha value is -2.36. The smallest absolute Gasteiger partial charge is 0.269 e. The molecule has 0 saturated heterocycles. The summed E-state index contributed by atoms with van der Waals surface area (Å²) in [5.41, 5.74) is 3.66. The second-order valence-electron chi connectivity index (χ2n) is 4.84. The fourth-order valence-corrected chi connectivity index (χ4v) is 2.62. The predicted molar refractivity (Wildman–Crippen MR) is 75.0 cm³/mol. The van der Waals surface area contributed by atoms with Gasteiger partial charge < -0.3 is 4.90 Å². The number of rotatable bonds is 2. The highest BCUT2D eigenvalue weighted by Crippen LogP contribution is 2.40. The average Bonchev–Trinajstić information content (AvgIpc) is 2.77. The fraction of sp³-hybridized carbons (Fsp3) is 0.200. The third kappa shape index (κ3) is 1.95. The number of non-ortho nitro benzene ring substituents is 1. The van der Waals surface area contributed by atoms with Gasteiger partial charge in [-0.1, -0.05) is 25.1 Å². The second kappa shape index (κ2) is 4.39. The Bertz CT molecular complexity index is 622. The first kappa shape index (κ1) is 11.7. The van der Waals surface area contributed by atoms with Gasteiger partial charge in [0.25, 0.3) is 5.69 Å². The van der Waals surface area contributed by atoms with Crippen LogP contribution in [0.3, 0.4) is 0 Å². The molecule has 0 bridgehead atoms. The van der Waals surface area contributed by atoms with Crippen LogP contribution in [0.5, 0.6) is 0 Å². The maximum absolute atomic E-state index is 10.7. The molecule has 0 aromatic heterocycles. The summed E-state index contributed by atoms with van der Waals surface area (Å²) in [4.78, 5) is 12.5. The Labute approximate surface area is 111 Å². The van der Waals surface area contributed by atoms with Crippen LogP contribution in [0.25, 0.3) is 0 Å². The van der Waals surface area contributed by atoms with Gasteiger partial charge in [0, 0.05) is 36.0 Å². The van der Waals surface area contributed by atoms with E-state index in [0.29, 0.717) is 5.92 Å². The predicted octanol–water partition coefficient (Wildman–Crippen LogP) is 3.85. The summed E-state index contributed by atoms with van der Waals surface area (Å²) in [5.74, 6) is 0.478. The van der Waals surface area contributed by atoms with Crippen LogP contribution in [0, 0.1) is 10.1 Å². The number of nitro benzene ring substituents is 1. The van der Waals surface area contributed by atoms with Gasteiger partial charge in [-0.25, -0.2) is 0 Å². The maximum Gasteiger partial charge on any atom is 0.269 e. The molecule has 0 fully saturated rings. The largest absolute Gasteiger partial charge is 0.341 e. The summed E-state index contributed by atoms with van der Waals surface area (Å²) in [7, 11) is 0. The van der Waals surface area contributed by atoms with Crippen molar-refractivity contribution in [3.8, 4) is 0 Å². The standard InChI is InChI=1S/C15H14N2O2/c1-11-10-16(15-5-3-2-4-14(11)15)12-6-8-13(9-7-12)17(18)19/h2-9,11H,10H2,1H3. The molecule has 4 heteroatoms. The Balaban J connectivity index is 1.98. The third-order valence-electron chi connectivity index (χ3n) is 3.59. The Kier molecular flexibility index (Phi) is 2.71. The van der Waals surface area contributed by atoms with Crippen molar-refractivity contribution in [2.24, 2.45) is 0 Å². The summed E-state index contributed by atoms with van der Waals surface area (Å²) in [6, 6.07) is 15.1. The van der Waals surface area contributed by atoms with Crippen LogP contribution in [0.2, 0.25) is 0 Å². The van der Waals surface area contributed by atoms with Gasteiger partial charge in [-0.15, -0.1) is 0 Å². The highest BCUT2D eigenvalue weighted by molar-refractivity contribution is 5.71. The van der Waals surface area contributed by atoms with E-state index in [1.807, 2.05) is 18.2 Å². The summed E-state index contributed by atoms with van der Waals surface area (Å²) < 4.78 is 0. The number of benzene rings is 2. The molecular weight excluding hydrogens is 240 g/mol. The van der Waals surface area contributed by atoms with E-state index in [9.17, 15) is 10.1 Å². The molecule has 2 aromatic rings. The SMILES string of the molecule is CC1CN(c2ccc([N+](=O)[O-])cc2)c2ccccc21. The minimum absolute atomic E-state index is 0.129. The van der Waals surface area contributed by atoms with Gasteiger partial charge in [-0.2, -0.15) is 0 Å². The van der Waals surface area contributed by atoms with Crippen molar-refractivity contribution in [1.29, 1.82) is 0 Å². The molecule has 0 spiro atoms. The van der Waals surface area contributed by atoms with Crippen molar-refractivity contribution in [2.75, 3.05) is 11.4 Å². The van der Waals surface area contributed by atoms with Gasteiger partial charge >= 0.3 is 0 Å². The quantitative estimate of drug-likeness (QED) is 0.604. The summed E-state index contributed by atoms with van der Waals surface area (Å²) in [5, 5.41) is 10.7. The van der Waals surface area contributed by atoms with E-state index in [0.717, 1.165) is 12.2 Å². The molecule has 1 atom stereocenters. The molecule has 1 unspecified atom stereocenters. The van der Waals surface area contributed by atoms with Crippen molar-refractivity contribution in [3.05, 3.63) is 64.2 Å². The van der Waals surface area contributed by atoms with E-state index in [4.69, 9.17) is 0 Å². The topological polar surface area (TPSA) is 46.4 Å². The minimum Gasteiger partial charge on any atom is -0.341 e. The fourth-order valence-electron chi connectivity index (χ4n) is 2.62.